The van der Waals surface area contributed by atoms with Gasteiger partial charge in [-0.2, -0.15) is 0 Å². The van der Waals surface area contributed by atoms with Gasteiger partial charge in [-0.15, -0.1) is 0 Å². The van der Waals surface area contributed by atoms with Crippen LogP contribution in [0.4, 0.5) is 17.3 Å². The van der Waals surface area contributed by atoms with Crippen molar-refractivity contribution in [2.75, 3.05) is 42.9 Å². The van der Waals surface area contributed by atoms with Crippen LogP contribution in [0.5, 0.6) is 0 Å². The van der Waals surface area contributed by atoms with Crippen LogP contribution in [0.25, 0.3) is 0 Å². The molecular weight excluding hydrogens is 470 g/mol. The maximum atomic E-state index is 12.8. The van der Waals surface area contributed by atoms with Gasteiger partial charge in [0.1, 0.15) is 23.9 Å². The second-order valence-electron chi connectivity index (χ2n) is 8.78. The van der Waals surface area contributed by atoms with E-state index in [-0.39, 0.29) is 16.7 Å². The first-order valence-electron chi connectivity index (χ1n) is 11.7. The predicted octanol–water partition coefficient (Wildman–Crippen LogP) is 1.42. The van der Waals surface area contributed by atoms with Crippen molar-refractivity contribution in [2.45, 2.75) is 36.5 Å². The second-order valence-corrected chi connectivity index (χ2v) is 10.5. The lowest BCUT2D eigenvalue weighted by Gasteiger charge is -2.36. The maximum Gasteiger partial charge on any atom is 0.240 e. The van der Waals surface area contributed by atoms with Crippen LogP contribution >= 0.6 is 0 Å². The molecule has 184 valence electrons. The largest absolute Gasteiger partial charge is 0.353 e. The van der Waals surface area contributed by atoms with Crippen molar-refractivity contribution in [3.63, 3.8) is 0 Å². The van der Waals surface area contributed by atoms with Gasteiger partial charge in [0.25, 0.3) is 0 Å². The molecule has 5 heterocycles. The van der Waals surface area contributed by atoms with E-state index in [1.807, 2.05) is 4.90 Å². The summed E-state index contributed by atoms with van der Waals surface area (Å²) in [7, 11) is -3.70. The molecule has 1 atom stereocenters. The quantitative estimate of drug-likeness (QED) is 0.561. The minimum atomic E-state index is -3.70. The summed E-state index contributed by atoms with van der Waals surface area (Å²) in [4.78, 5) is 42.6. The zero-order valence-corrected chi connectivity index (χ0v) is 20.0. The van der Waals surface area contributed by atoms with Crippen LogP contribution in [0.2, 0.25) is 0 Å². The fraction of sp³-hybridized carbons (Fsp3) is 0.435. The Hall–Kier alpha value is -3.38. The number of carbonyl (C=O) groups is 2. The molecule has 4 aliphatic heterocycles. The van der Waals surface area contributed by atoms with Gasteiger partial charge in [0.2, 0.25) is 21.8 Å². The summed E-state index contributed by atoms with van der Waals surface area (Å²) in [5.41, 5.74) is 1.06. The number of piperazine rings is 1. The highest BCUT2D eigenvalue weighted by molar-refractivity contribution is 7.89. The van der Waals surface area contributed by atoms with E-state index in [1.165, 1.54) is 24.7 Å². The number of carbonyl (C=O) groups excluding carboxylic acids is 2. The van der Waals surface area contributed by atoms with Crippen molar-refractivity contribution in [3.8, 4) is 0 Å². The molecule has 11 nitrogen and oxygen atoms in total. The molecular formula is C23H27N7O4S. The number of rotatable bonds is 0. The number of hydrogen-bond acceptors (Lipinski definition) is 8. The molecule has 6 rings (SSSR count). The van der Waals surface area contributed by atoms with Gasteiger partial charge in [0.05, 0.1) is 16.1 Å². The molecule has 1 unspecified atom stereocenters. The Morgan fingerprint density at radius 3 is 2.60 bits per heavy atom. The van der Waals surface area contributed by atoms with Gasteiger partial charge in [-0.05, 0) is 31.0 Å². The zero-order valence-electron chi connectivity index (χ0n) is 19.2. The molecule has 0 radical (unpaired) electrons. The van der Waals surface area contributed by atoms with E-state index in [2.05, 4.69) is 29.9 Å². The van der Waals surface area contributed by atoms with Gasteiger partial charge >= 0.3 is 0 Å². The van der Waals surface area contributed by atoms with Gasteiger partial charge in [0.15, 0.2) is 0 Å². The minimum Gasteiger partial charge on any atom is -0.353 e. The molecule has 1 aromatic heterocycles. The molecule has 12 heteroatoms. The molecule has 35 heavy (non-hydrogen) atoms. The number of nitrogens with one attached hydrogen (secondary N) is 2. The van der Waals surface area contributed by atoms with E-state index < -0.39 is 15.9 Å². The molecule has 0 spiro atoms. The normalized spacial score (nSPS) is 22.6. The summed E-state index contributed by atoms with van der Waals surface area (Å²) >= 11 is 0. The Bertz CT molecular complexity index is 1270. The first kappa shape index (κ1) is 23.4. The lowest BCUT2D eigenvalue weighted by atomic mass is 10.0. The predicted molar refractivity (Wildman–Crippen MR) is 130 cm³/mol. The average molecular weight is 498 g/mol. The number of aromatic nitrogens is 2. The van der Waals surface area contributed by atoms with Crippen molar-refractivity contribution in [2.24, 2.45) is 4.99 Å². The summed E-state index contributed by atoms with van der Waals surface area (Å²) in [5, 5.41) is 2.79. The van der Waals surface area contributed by atoms with Crippen LogP contribution in [0, 0.1) is 0 Å². The van der Waals surface area contributed by atoms with Crippen molar-refractivity contribution in [1.82, 2.24) is 19.6 Å². The van der Waals surface area contributed by atoms with E-state index in [9.17, 15) is 18.0 Å². The van der Waals surface area contributed by atoms with Crippen LogP contribution in [-0.2, 0) is 19.6 Å². The number of benzene rings is 1. The molecule has 1 aromatic carbocycles. The Labute approximate surface area is 203 Å². The third-order valence-corrected chi connectivity index (χ3v) is 7.95. The summed E-state index contributed by atoms with van der Waals surface area (Å²) in [6.45, 7) is 2.66. The van der Waals surface area contributed by atoms with E-state index in [0.717, 1.165) is 6.42 Å². The number of fused-ring (bicyclic) bond motifs is 9. The molecule has 1 fully saturated rings. The third kappa shape index (κ3) is 4.89. The van der Waals surface area contributed by atoms with Crippen LogP contribution in [0.3, 0.4) is 0 Å². The Balaban J connectivity index is 1.50. The van der Waals surface area contributed by atoms with E-state index in [1.54, 1.807) is 12.1 Å². The average Bonchev–Trinajstić information content (AvgIpc) is 3.19. The highest BCUT2D eigenvalue weighted by atomic mass is 32.2. The number of amides is 2. The molecule has 2 N–H and O–H groups in total. The molecule has 1 saturated heterocycles. The molecule has 4 bridgehead atoms. The monoisotopic (exact) mass is 497 g/mol. The molecule has 0 aliphatic carbocycles. The third-order valence-electron chi connectivity index (χ3n) is 6.49. The number of anilines is 2. The van der Waals surface area contributed by atoms with Crippen LogP contribution < -0.4 is 14.9 Å². The van der Waals surface area contributed by atoms with Crippen LogP contribution in [-0.4, -0.2) is 74.0 Å². The molecule has 2 aromatic rings. The maximum absolute atomic E-state index is 12.8. The number of aliphatic imine (C=N–C) groups is 1. The van der Waals surface area contributed by atoms with Gasteiger partial charge in [-0.1, -0.05) is 12.5 Å². The van der Waals surface area contributed by atoms with Crippen molar-refractivity contribution in [3.05, 3.63) is 36.2 Å². The topological polar surface area (TPSA) is 137 Å². The standard InChI is InChI=1S/C23H27N7O4S/c31-19-7-2-1-3-8-27-35(33,34)17-6-4-5-16(13-17)24-14-18-20-21(28-23(18)32)25-15-26-22(20)30-11-9-29(19)10-12-30/h4-6,13-15,18,27H,1-3,7-12H2,(H,25,26,28,32). The first-order chi connectivity index (χ1) is 16.9. The second kappa shape index (κ2) is 9.70. The lowest BCUT2D eigenvalue weighted by molar-refractivity contribution is -0.131. The van der Waals surface area contributed by atoms with Crippen molar-refractivity contribution < 1.29 is 18.0 Å². The van der Waals surface area contributed by atoms with Gasteiger partial charge in [-0.3, -0.25) is 14.6 Å². The zero-order chi connectivity index (χ0) is 24.4. The lowest BCUT2D eigenvalue weighted by Crippen LogP contribution is -2.49. The smallest absolute Gasteiger partial charge is 0.240 e. The molecule has 4 aliphatic rings. The highest BCUT2D eigenvalue weighted by Gasteiger charge is 2.36. The summed E-state index contributed by atoms with van der Waals surface area (Å²) in [6.07, 6.45) is 5.48. The number of hydrogen-bond donors (Lipinski definition) is 2. The minimum absolute atomic E-state index is 0.103. The number of nitrogens with zero attached hydrogens (tertiary/aromatic N) is 5. The van der Waals surface area contributed by atoms with Crippen LogP contribution in [0.1, 0.15) is 37.2 Å². The fourth-order valence-electron chi connectivity index (χ4n) is 4.58. The van der Waals surface area contributed by atoms with Crippen molar-refractivity contribution in [1.29, 1.82) is 0 Å². The van der Waals surface area contributed by atoms with Gasteiger partial charge < -0.3 is 15.1 Å². The fourth-order valence-corrected chi connectivity index (χ4v) is 5.69. The van der Waals surface area contributed by atoms with Crippen molar-refractivity contribution >= 4 is 45.4 Å². The van der Waals surface area contributed by atoms with E-state index >= 15 is 0 Å². The first-order valence-corrected chi connectivity index (χ1v) is 13.2. The summed E-state index contributed by atoms with van der Waals surface area (Å²) in [6, 6.07) is 6.29. The summed E-state index contributed by atoms with van der Waals surface area (Å²) in [5.74, 6) is 0.201. The van der Waals surface area contributed by atoms with Gasteiger partial charge in [-0.25, -0.2) is 23.1 Å². The van der Waals surface area contributed by atoms with E-state index in [4.69, 9.17) is 0 Å². The van der Waals surface area contributed by atoms with Gasteiger partial charge in [0, 0.05) is 45.4 Å². The highest BCUT2D eigenvalue weighted by Crippen LogP contribution is 2.37. The Morgan fingerprint density at radius 1 is 0.971 bits per heavy atom. The Morgan fingerprint density at radius 2 is 1.77 bits per heavy atom. The Kier molecular flexibility index (Phi) is 6.48. The molecule has 2 amide bonds. The van der Waals surface area contributed by atoms with E-state index in [0.29, 0.717) is 74.9 Å². The van der Waals surface area contributed by atoms with Crippen LogP contribution in [0.15, 0.2) is 40.5 Å². The SMILES string of the molecule is O=C1Nc2ncnc3c2C1C=Nc1cccc(c1)S(=O)(=O)NCCCCCC(=O)N1CCN3CC1. The number of sulfonamides is 1. The molecule has 0 saturated carbocycles. The summed E-state index contributed by atoms with van der Waals surface area (Å²) < 4.78 is 28.0.